The molecular formula is C15H12IN3O3S. The van der Waals surface area contributed by atoms with E-state index in [1.165, 1.54) is 6.07 Å². The maximum Gasteiger partial charge on any atom is 0.292 e. The molecule has 0 saturated heterocycles. The monoisotopic (exact) mass is 441 g/mol. The van der Waals surface area contributed by atoms with Crippen LogP contribution in [0, 0.1) is 20.6 Å². The predicted octanol–water partition coefficient (Wildman–Crippen LogP) is 3.63. The Morgan fingerprint density at radius 2 is 1.96 bits per heavy atom. The number of benzene rings is 2. The summed E-state index contributed by atoms with van der Waals surface area (Å²) in [5.74, 6) is -0.373. The van der Waals surface area contributed by atoms with Gasteiger partial charge in [0, 0.05) is 9.64 Å². The number of hydrogen-bond acceptors (Lipinski definition) is 4. The SMILES string of the molecule is Cc1ccc(NC(=S)NC(=O)c2ccccc2I)c([N+](=O)[O-])c1. The molecule has 0 aromatic heterocycles. The molecule has 23 heavy (non-hydrogen) atoms. The highest BCUT2D eigenvalue weighted by Gasteiger charge is 2.16. The van der Waals surface area contributed by atoms with Crippen molar-refractivity contribution in [3.63, 3.8) is 0 Å². The van der Waals surface area contributed by atoms with Gasteiger partial charge in [0.15, 0.2) is 5.11 Å². The van der Waals surface area contributed by atoms with Gasteiger partial charge in [0.2, 0.25) is 0 Å². The highest BCUT2D eigenvalue weighted by atomic mass is 127. The van der Waals surface area contributed by atoms with E-state index < -0.39 is 4.92 Å². The van der Waals surface area contributed by atoms with Crippen LogP contribution in [-0.2, 0) is 0 Å². The molecular weight excluding hydrogens is 429 g/mol. The van der Waals surface area contributed by atoms with E-state index in [0.29, 0.717) is 5.56 Å². The van der Waals surface area contributed by atoms with E-state index in [-0.39, 0.29) is 22.4 Å². The first kappa shape index (κ1) is 17.3. The number of carbonyl (C=O) groups excluding carboxylic acids is 1. The molecule has 1 amide bonds. The fourth-order valence-corrected chi connectivity index (χ4v) is 2.70. The largest absolute Gasteiger partial charge is 0.327 e. The van der Waals surface area contributed by atoms with E-state index in [2.05, 4.69) is 10.6 Å². The third-order valence-corrected chi connectivity index (χ3v) is 4.09. The van der Waals surface area contributed by atoms with Crippen molar-refractivity contribution in [3.05, 3.63) is 67.3 Å². The van der Waals surface area contributed by atoms with Crippen LogP contribution in [0.25, 0.3) is 0 Å². The molecule has 0 fully saturated rings. The molecule has 2 N–H and O–H groups in total. The highest BCUT2D eigenvalue weighted by Crippen LogP contribution is 2.25. The van der Waals surface area contributed by atoms with Crippen LogP contribution in [0.2, 0.25) is 0 Å². The van der Waals surface area contributed by atoms with E-state index in [0.717, 1.165) is 9.13 Å². The number of carbonyl (C=O) groups is 1. The van der Waals surface area contributed by atoms with Gasteiger partial charge in [-0.15, -0.1) is 0 Å². The second-order valence-electron chi connectivity index (χ2n) is 4.67. The zero-order valence-electron chi connectivity index (χ0n) is 12.0. The lowest BCUT2D eigenvalue weighted by atomic mass is 10.2. The number of rotatable bonds is 3. The van der Waals surface area contributed by atoms with Gasteiger partial charge >= 0.3 is 0 Å². The number of thiocarbonyl (C=S) groups is 1. The first-order valence-electron chi connectivity index (χ1n) is 6.50. The summed E-state index contributed by atoms with van der Waals surface area (Å²) in [5.41, 5.74) is 1.37. The number of amides is 1. The van der Waals surface area contributed by atoms with E-state index in [9.17, 15) is 14.9 Å². The van der Waals surface area contributed by atoms with E-state index in [1.807, 2.05) is 28.7 Å². The summed E-state index contributed by atoms with van der Waals surface area (Å²) < 4.78 is 0.784. The van der Waals surface area contributed by atoms with Crippen molar-refractivity contribution >= 4 is 57.2 Å². The Hall–Kier alpha value is -2.07. The number of nitro benzene ring substituents is 1. The molecule has 2 rings (SSSR count). The minimum absolute atomic E-state index is 0.00149. The highest BCUT2D eigenvalue weighted by molar-refractivity contribution is 14.1. The van der Waals surface area contributed by atoms with Crippen LogP contribution >= 0.6 is 34.8 Å². The Balaban J connectivity index is 2.13. The topological polar surface area (TPSA) is 84.3 Å². The average molecular weight is 441 g/mol. The molecule has 118 valence electrons. The molecule has 0 radical (unpaired) electrons. The summed E-state index contributed by atoms with van der Waals surface area (Å²) >= 11 is 7.12. The van der Waals surface area contributed by atoms with Crippen molar-refractivity contribution in [2.75, 3.05) is 5.32 Å². The van der Waals surface area contributed by atoms with Crippen LogP contribution in [0.15, 0.2) is 42.5 Å². The average Bonchev–Trinajstić information content (AvgIpc) is 2.49. The van der Waals surface area contributed by atoms with Gasteiger partial charge in [0.25, 0.3) is 11.6 Å². The lowest BCUT2D eigenvalue weighted by molar-refractivity contribution is -0.383. The van der Waals surface area contributed by atoms with Gasteiger partial charge in [0.1, 0.15) is 5.69 Å². The fourth-order valence-electron chi connectivity index (χ4n) is 1.87. The van der Waals surface area contributed by atoms with Crippen molar-refractivity contribution in [2.24, 2.45) is 0 Å². The number of hydrogen-bond donors (Lipinski definition) is 2. The maximum atomic E-state index is 12.2. The van der Waals surface area contributed by atoms with Gasteiger partial charge in [-0.2, -0.15) is 0 Å². The molecule has 0 spiro atoms. The smallest absolute Gasteiger partial charge is 0.292 e. The van der Waals surface area contributed by atoms with Crippen LogP contribution < -0.4 is 10.6 Å². The van der Waals surface area contributed by atoms with Crippen molar-refractivity contribution in [1.82, 2.24) is 5.32 Å². The first-order valence-corrected chi connectivity index (χ1v) is 7.99. The normalized spacial score (nSPS) is 10.0. The Bertz CT molecular complexity index is 795. The summed E-state index contributed by atoms with van der Waals surface area (Å²) in [5, 5.41) is 16.3. The predicted molar refractivity (Wildman–Crippen MR) is 101 cm³/mol. The standard InChI is InChI=1S/C15H12IN3O3S/c1-9-6-7-12(13(8-9)19(21)22)17-15(23)18-14(20)10-4-2-3-5-11(10)16/h2-8H,1H3,(H2,17,18,20,23). The second-order valence-corrected chi connectivity index (χ2v) is 6.24. The number of nitrogens with one attached hydrogen (secondary N) is 2. The van der Waals surface area contributed by atoms with Gasteiger partial charge in [-0.3, -0.25) is 20.2 Å². The van der Waals surface area contributed by atoms with Gasteiger partial charge < -0.3 is 5.32 Å². The molecule has 0 atom stereocenters. The first-order chi connectivity index (χ1) is 10.9. The summed E-state index contributed by atoms with van der Waals surface area (Å²) in [6.07, 6.45) is 0. The summed E-state index contributed by atoms with van der Waals surface area (Å²) in [6.45, 7) is 1.76. The minimum atomic E-state index is -0.500. The van der Waals surface area contributed by atoms with Crippen LogP contribution in [0.4, 0.5) is 11.4 Å². The van der Waals surface area contributed by atoms with Crippen molar-refractivity contribution in [3.8, 4) is 0 Å². The summed E-state index contributed by atoms with van der Waals surface area (Å²) in [7, 11) is 0. The van der Waals surface area contributed by atoms with Crippen LogP contribution in [0.3, 0.4) is 0 Å². The summed E-state index contributed by atoms with van der Waals surface area (Å²) in [4.78, 5) is 22.7. The number of aryl methyl sites for hydroxylation is 1. The quantitative estimate of drug-likeness (QED) is 0.329. The van der Waals surface area contributed by atoms with Crippen LogP contribution in [0.1, 0.15) is 15.9 Å². The lowest BCUT2D eigenvalue weighted by Crippen LogP contribution is -2.34. The molecule has 2 aromatic rings. The fraction of sp³-hybridized carbons (Fsp3) is 0.0667. The zero-order valence-corrected chi connectivity index (χ0v) is 15.0. The number of nitrogens with zero attached hydrogens (tertiary/aromatic N) is 1. The van der Waals surface area contributed by atoms with Gasteiger partial charge in [0.05, 0.1) is 10.5 Å². The lowest BCUT2D eigenvalue weighted by Gasteiger charge is -2.11. The molecule has 8 heteroatoms. The molecule has 6 nitrogen and oxygen atoms in total. The molecule has 0 unspecified atom stereocenters. The Kier molecular flexibility index (Phi) is 5.61. The van der Waals surface area contributed by atoms with E-state index in [4.69, 9.17) is 12.2 Å². The third kappa shape index (κ3) is 4.45. The van der Waals surface area contributed by atoms with E-state index >= 15 is 0 Å². The van der Waals surface area contributed by atoms with Gasteiger partial charge in [-0.05, 0) is 65.5 Å². The van der Waals surface area contributed by atoms with E-state index in [1.54, 1.807) is 37.3 Å². The molecule has 0 saturated carbocycles. The third-order valence-electron chi connectivity index (χ3n) is 2.94. The molecule has 0 aliphatic rings. The van der Waals surface area contributed by atoms with Crippen molar-refractivity contribution < 1.29 is 9.72 Å². The molecule has 0 bridgehead atoms. The van der Waals surface area contributed by atoms with Crippen LogP contribution in [-0.4, -0.2) is 15.9 Å². The molecule has 0 aliphatic carbocycles. The van der Waals surface area contributed by atoms with Gasteiger partial charge in [-0.1, -0.05) is 18.2 Å². The summed E-state index contributed by atoms with van der Waals surface area (Å²) in [6, 6.07) is 11.8. The minimum Gasteiger partial charge on any atom is -0.327 e. The van der Waals surface area contributed by atoms with Crippen molar-refractivity contribution in [2.45, 2.75) is 6.92 Å². The maximum absolute atomic E-state index is 12.2. The Labute approximate surface area is 151 Å². The number of nitro groups is 1. The molecule has 0 aliphatic heterocycles. The van der Waals surface area contributed by atoms with Crippen molar-refractivity contribution in [1.29, 1.82) is 0 Å². The Morgan fingerprint density at radius 3 is 2.61 bits per heavy atom. The van der Waals surface area contributed by atoms with Crippen LogP contribution in [0.5, 0.6) is 0 Å². The molecule has 0 heterocycles. The molecule has 2 aromatic carbocycles. The second kappa shape index (κ2) is 7.47. The zero-order chi connectivity index (χ0) is 17.0. The number of halogens is 1. The Morgan fingerprint density at radius 1 is 1.26 bits per heavy atom. The van der Waals surface area contributed by atoms with Gasteiger partial charge in [-0.25, -0.2) is 0 Å². The number of anilines is 1.